The van der Waals surface area contributed by atoms with Crippen LogP contribution in [0.15, 0.2) is 54.9 Å². The minimum Gasteiger partial charge on any atom is -0.382 e. The summed E-state index contributed by atoms with van der Waals surface area (Å²) in [7, 11) is 2.37. The molecule has 6 aliphatic rings. The van der Waals surface area contributed by atoms with Crippen LogP contribution in [0.2, 0.25) is 0 Å². The van der Waals surface area contributed by atoms with Crippen LogP contribution in [-0.2, 0) is 19.1 Å². The van der Waals surface area contributed by atoms with Crippen LogP contribution in [0.3, 0.4) is 0 Å². The fourth-order valence-corrected chi connectivity index (χ4v) is 13.7. The number of piperidine rings is 1. The van der Waals surface area contributed by atoms with E-state index >= 15 is 0 Å². The second kappa shape index (κ2) is 18.1. The first-order chi connectivity index (χ1) is 30.1. The summed E-state index contributed by atoms with van der Waals surface area (Å²) in [5.74, 6) is 2.13. The van der Waals surface area contributed by atoms with E-state index in [1.807, 2.05) is 12.4 Å². The van der Waals surface area contributed by atoms with Crippen LogP contribution in [0.25, 0.3) is 10.8 Å². The van der Waals surface area contributed by atoms with Gasteiger partial charge in [0, 0.05) is 49.1 Å². The van der Waals surface area contributed by atoms with Crippen molar-refractivity contribution in [2.75, 3.05) is 51.9 Å². The highest BCUT2D eigenvalue weighted by molar-refractivity contribution is 6.25. The van der Waals surface area contributed by atoms with Crippen LogP contribution in [0.5, 0.6) is 0 Å². The highest BCUT2D eigenvalue weighted by atomic mass is 16.5. The first-order valence-electron chi connectivity index (χ1n) is 23.8. The van der Waals surface area contributed by atoms with E-state index in [0.29, 0.717) is 54.8 Å². The second-order valence-electron chi connectivity index (χ2n) is 20.1. The number of nitrogens with zero attached hydrogens (tertiary/aromatic N) is 3. The van der Waals surface area contributed by atoms with Crippen molar-refractivity contribution in [2.45, 2.75) is 122 Å². The average Bonchev–Trinajstić information content (AvgIpc) is 3.76. The molecule has 11 heteroatoms. The number of hydrogen-bond acceptors (Lipinski definition) is 9. The molecule has 3 aromatic rings. The Hall–Kier alpha value is -4.19. The lowest BCUT2D eigenvalue weighted by molar-refractivity contribution is -0.136. The van der Waals surface area contributed by atoms with Gasteiger partial charge in [0.2, 0.25) is 11.8 Å². The predicted molar refractivity (Wildman–Crippen MR) is 240 cm³/mol. The number of hydrogen-bond donors (Lipinski definition) is 2. The molecule has 62 heavy (non-hydrogen) atoms. The lowest BCUT2D eigenvalue weighted by Gasteiger charge is -2.61. The number of carbonyl (C=O) groups excluding carboxylic acids is 4. The number of rotatable bonds is 16. The quantitative estimate of drug-likeness (QED) is 0.108. The van der Waals surface area contributed by atoms with Gasteiger partial charge in [-0.2, -0.15) is 0 Å². The van der Waals surface area contributed by atoms with Gasteiger partial charge >= 0.3 is 0 Å². The van der Waals surface area contributed by atoms with Crippen molar-refractivity contribution in [3.05, 3.63) is 71.5 Å². The molecule has 0 bridgehead atoms. The lowest BCUT2D eigenvalue weighted by atomic mass is 9.44. The number of unbranched alkanes of at least 4 members (excludes halogenated alkanes) is 2. The standard InChI is InChI=1S/C51H67N5O6/c1-50-21-18-37(31-36(50)12-13-38-41-15-14-40(51(41,2)22-19-42(38)50)34-11-10-33-20-23-52-32-35(33)30-34)55(3)25-5-4-6-26-61-28-29-62-27-24-53-43-9-7-8-39-46(43)49(60)56(48(39)59)44-16-17-45(57)54-47(44)58/h7-11,20,23,30,32,36-38,40-42,44,53H,4-6,12-19,21-22,24-29,31H2,1-3H3,(H,54,57,58)/t36-,37-,38-,40+,41-,42-,44?,50-,51+/m0/s1. The first-order valence-corrected chi connectivity index (χ1v) is 23.8. The van der Waals surface area contributed by atoms with Gasteiger partial charge in [0.05, 0.1) is 30.9 Å². The van der Waals surface area contributed by atoms with E-state index in [1.54, 1.807) is 23.8 Å². The molecular formula is C51H67N5O6. The van der Waals surface area contributed by atoms with Gasteiger partial charge in [-0.3, -0.25) is 34.4 Å². The molecule has 0 spiro atoms. The van der Waals surface area contributed by atoms with Crippen molar-refractivity contribution in [1.29, 1.82) is 0 Å². The zero-order chi connectivity index (χ0) is 43.0. The maximum absolute atomic E-state index is 13.3. The van der Waals surface area contributed by atoms with Gasteiger partial charge in [-0.1, -0.05) is 32.0 Å². The summed E-state index contributed by atoms with van der Waals surface area (Å²) in [5, 5.41) is 8.04. The Morgan fingerprint density at radius 3 is 2.50 bits per heavy atom. The lowest BCUT2D eigenvalue weighted by Crippen LogP contribution is -2.55. The fourth-order valence-electron chi connectivity index (χ4n) is 13.7. The predicted octanol–water partition coefficient (Wildman–Crippen LogP) is 8.38. The molecule has 9 atom stereocenters. The summed E-state index contributed by atoms with van der Waals surface area (Å²) in [6.07, 6.45) is 20.1. The van der Waals surface area contributed by atoms with Gasteiger partial charge in [-0.15, -0.1) is 0 Å². The summed E-state index contributed by atoms with van der Waals surface area (Å²) in [6.45, 7) is 9.12. The molecule has 2 aliphatic heterocycles. The van der Waals surface area contributed by atoms with Crippen LogP contribution >= 0.6 is 0 Å². The van der Waals surface area contributed by atoms with Crippen molar-refractivity contribution in [1.82, 2.24) is 20.1 Å². The summed E-state index contributed by atoms with van der Waals surface area (Å²) in [5.41, 5.74) is 3.50. The molecule has 1 unspecified atom stereocenters. The van der Waals surface area contributed by atoms with Crippen molar-refractivity contribution < 1.29 is 28.7 Å². The molecule has 5 fully saturated rings. The molecule has 4 aliphatic carbocycles. The highest BCUT2D eigenvalue weighted by Gasteiger charge is 2.60. The zero-order valence-electron chi connectivity index (χ0n) is 37.2. The smallest absolute Gasteiger partial charge is 0.264 e. The fraction of sp³-hybridized carbons (Fsp3) is 0.627. The van der Waals surface area contributed by atoms with Crippen LogP contribution in [0.4, 0.5) is 5.69 Å². The molecule has 1 aromatic heterocycles. The molecule has 1 saturated heterocycles. The van der Waals surface area contributed by atoms with Gasteiger partial charge in [0.1, 0.15) is 6.04 Å². The van der Waals surface area contributed by atoms with Crippen LogP contribution in [0, 0.1) is 34.5 Å². The van der Waals surface area contributed by atoms with Crippen LogP contribution in [0.1, 0.15) is 136 Å². The van der Waals surface area contributed by atoms with Gasteiger partial charge in [-0.25, -0.2) is 0 Å². The minimum absolute atomic E-state index is 0.0872. The van der Waals surface area contributed by atoms with Crippen molar-refractivity contribution >= 4 is 40.1 Å². The highest BCUT2D eigenvalue weighted by Crippen LogP contribution is 2.69. The van der Waals surface area contributed by atoms with E-state index < -0.39 is 29.7 Å². The Kier molecular flexibility index (Phi) is 12.6. The maximum Gasteiger partial charge on any atom is 0.264 e. The Morgan fingerprint density at radius 1 is 0.823 bits per heavy atom. The molecule has 4 saturated carbocycles. The molecular weight excluding hydrogens is 779 g/mol. The Balaban J connectivity index is 0.647. The second-order valence-corrected chi connectivity index (χ2v) is 20.1. The molecule has 3 heterocycles. The van der Waals surface area contributed by atoms with Gasteiger partial charge in [0.15, 0.2) is 0 Å². The molecule has 332 valence electrons. The van der Waals surface area contributed by atoms with Crippen LogP contribution < -0.4 is 10.6 Å². The zero-order valence-corrected chi connectivity index (χ0v) is 37.2. The number of pyridine rings is 1. The number of benzene rings is 2. The number of aromatic nitrogens is 1. The average molecular weight is 846 g/mol. The molecule has 4 amide bonds. The Labute approximate surface area is 367 Å². The monoisotopic (exact) mass is 846 g/mol. The van der Waals surface area contributed by atoms with Gasteiger partial charge in [-0.05, 0) is 173 Å². The number of nitrogens with one attached hydrogen (secondary N) is 2. The third-order valence-electron chi connectivity index (χ3n) is 17.0. The largest absolute Gasteiger partial charge is 0.382 e. The maximum atomic E-state index is 13.3. The first kappa shape index (κ1) is 43.1. The topological polar surface area (TPSA) is 130 Å². The van der Waals surface area contributed by atoms with E-state index in [4.69, 9.17) is 9.47 Å². The molecule has 0 radical (unpaired) electrons. The van der Waals surface area contributed by atoms with E-state index in [-0.39, 0.29) is 24.0 Å². The summed E-state index contributed by atoms with van der Waals surface area (Å²) >= 11 is 0. The summed E-state index contributed by atoms with van der Waals surface area (Å²) < 4.78 is 11.7. The SMILES string of the molecule is CN(CCCCCOCCOCCNc1cccc2c1C(=O)N(C1CCC(=O)NC1=O)C2=O)[C@H]1CC[C@@]2(C)[C@@H](CC[C@@H]3[C@@H]2CC[C@]2(C)[C@@H](c4ccc5ccncc5c4)CC[C@@H]32)C1. The number of ether oxygens (including phenoxy) is 2. The number of carbonyl (C=O) groups is 4. The van der Waals surface area contributed by atoms with Crippen molar-refractivity contribution in [3.63, 3.8) is 0 Å². The molecule has 9 rings (SSSR count). The Bertz CT molecular complexity index is 2160. The van der Waals surface area contributed by atoms with Gasteiger partial charge in [0.25, 0.3) is 11.8 Å². The van der Waals surface area contributed by atoms with Crippen molar-refractivity contribution in [2.24, 2.45) is 34.5 Å². The van der Waals surface area contributed by atoms with E-state index in [9.17, 15) is 19.2 Å². The molecule has 2 N–H and O–H groups in total. The summed E-state index contributed by atoms with van der Waals surface area (Å²) in [4.78, 5) is 58.5. The normalized spacial score (nSPS) is 31.8. The number of anilines is 1. The number of amides is 4. The van der Waals surface area contributed by atoms with Crippen molar-refractivity contribution in [3.8, 4) is 0 Å². The number of fused-ring (bicyclic) bond motifs is 7. The van der Waals surface area contributed by atoms with Gasteiger partial charge < -0.3 is 19.7 Å². The third-order valence-corrected chi connectivity index (χ3v) is 17.0. The molecule has 2 aromatic carbocycles. The molecule has 11 nitrogen and oxygen atoms in total. The summed E-state index contributed by atoms with van der Waals surface area (Å²) in [6, 6.07) is 14.1. The third kappa shape index (κ3) is 8.11. The van der Waals surface area contributed by atoms with E-state index in [2.05, 4.69) is 65.7 Å². The van der Waals surface area contributed by atoms with Crippen LogP contribution in [-0.4, -0.2) is 97.1 Å². The Morgan fingerprint density at radius 2 is 1.65 bits per heavy atom. The van der Waals surface area contributed by atoms with E-state index in [1.165, 1.54) is 75.0 Å². The number of imide groups is 2. The minimum atomic E-state index is -0.988. The van der Waals surface area contributed by atoms with E-state index in [0.717, 1.165) is 54.6 Å².